The van der Waals surface area contributed by atoms with Crippen molar-refractivity contribution in [2.24, 2.45) is 7.05 Å². The monoisotopic (exact) mass is 237 g/mol. The van der Waals surface area contributed by atoms with E-state index in [1.54, 1.807) is 21.9 Å². The van der Waals surface area contributed by atoms with Crippen LogP contribution in [0.1, 0.15) is 19.4 Å². The molecule has 0 aliphatic heterocycles. The van der Waals surface area contributed by atoms with Gasteiger partial charge in [0.05, 0.1) is 12.8 Å². The minimum absolute atomic E-state index is 0.0232. The van der Waals surface area contributed by atoms with Crippen molar-refractivity contribution in [1.82, 2.24) is 14.7 Å². The summed E-state index contributed by atoms with van der Waals surface area (Å²) < 4.78 is 1.68. The maximum Gasteiger partial charge on any atom is 0.246 e. The van der Waals surface area contributed by atoms with Gasteiger partial charge in [0.1, 0.15) is 0 Å². The van der Waals surface area contributed by atoms with Crippen LogP contribution in [0.4, 0.5) is 0 Å². The Bertz CT molecular complexity index is 396. The highest BCUT2D eigenvalue weighted by atomic mass is 16.3. The Kier molecular flexibility index (Phi) is 4.90. The van der Waals surface area contributed by atoms with Crippen LogP contribution in [-0.4, -0.2) is 44.9 Å². The van der Waals surface area contributed by atoms with Crippen molar-refractivity contribution >= 4 is 12.0 Å². The van der Waals surface area contributed by atoms with Gasteiger partial charge in [0.15, 0.2) is 0 Å². The largest absolute Gasteiger partial charge is 0.395 e. The number of hydrogen-bond donors (Lipinski definition) is 1. The van der Waals surface area contributed by atoms with Crippen molar-refractivity contribution in [2.45, 2.75) is 19.9 Å². The van der Waals surface area contributed by atoms with Crippen LogP contribution in [-0.2, 0) is 11.8 Å². The number of aliphatic hydroxyl groups is 1. The van der Waals surface area contributed by atoms with Crippen LogP contribution < -0.4 is 0 Å². The van der Waals surface area contributed by atoms with Crippen LogP contribution >= 0.6 is 0 Å². The molecule has 1 amide bonds. The summed E-state index contributed by atoms with van der Waals surface area (Å²) in [5.74, 6) is -0.0992. The molecule has 0 radical (unpaired) electrons. The van der Waals surface area contributed by atoms with Gasteiger partial charge in [0.2, 0.25) is 5.91 Å². The maximum absolute atomic E-state index is 11.9. The Morgan fingerprint density at radius 3 is 2.82 bits per heavy atom. The molecule has 0 aliphatic carbocycles. The summed E-state index contributed by atoms with van der Waals surface area (Å²) in [4.78, 5) is 13.5. The predicted octanol–water partition coefficient (Wildman–Crippen LogP) is 0.663. The summed E-state index contributed by atoms with van der Waals surface area (Å²) in [7, 11) is 1.82. The lowest BCUT2D eigenvalue weighted by atomic mass is 10.2. The zero-order valence-electron chi connectivity index (χ0n) is 10.5. The zero-order valence-corrected chi connectivity index (χ0v) is 10.5. The van der Waals surface area contributed by atoms with Gasteiger partial charge in [0.25, 0.3) is 0 Å². The highest BCUT2D eigenvalue weighted by molar-refractivity contribution is 5.91. The third kappa shape index (κ3) is 4.03. The molecule has 0 saturated heterocycles. The molecule has 94 valence electrons. The van der Waals surface area contributed by atoms with E-state index in [0.29, 0.717) is 6.54 Å². The van der Waals surface area contributed by atoms with Crippen molar-refractivity contribution < 1.29 is 9.90 Å². The number of carbonyl (C=O) groups excluding carboxylic acids is 1. The van der Waals surface area contributed by atoms with Crippen LogP contribution in [0.2, 0.25) is 0 Å². The van der Waals surface area contributed by atoms with E-state index in [2.05, 4.69) is 5.10 Å². The Hall–Kier alpha value is -1.62. The summed E-state index contributed by atoms with van der Waals surface area (Å²) in [6.07, 6.45) is 6.75. The molecule has 0 aliphatic rings. The molecule has 0 fully saturated rings. The molecule has 0 atom stereocenters. The van der Waals surface area contributed by atoms with Gasteiger partial charge in [-0.25, -0.2) is 0 Å². The lowest BCUT2D eigenvalue weighted by Gasteiger charge is -2.24. The van der Waals surface area contributed by atoms with Gasteiger partial charge >= 0.3 is 0 Å². The first kappa shape index (κ1) is 13.4. The first-order valence-electron chi connectivity index (χ1n) is 5.62. The summed E-state index contributed by atoms with van der Waals surface area (Å²) in [6, 6.07) is 0.0770. The fourth-order valence-electron chi connectivity index (χ4n) is 1.52. The van der Waals surface area contributed by atoms with Crippen LogP contribution in [0.5, 0.6) is 0 Å². The fraction of sp³-hybridized carbons (Fsp3) is 0.500. The van der Waals surface area contributed by atoms with Gasteiger partial charge in [0, 0.05) is 37.5 Å². The summed E-state index contributed by atoms with van der Waals surface area (Å²) >= 11 is 0. The van der Waals surface area contributed by atoms with Gasteiger partial charge in [-0.1, -0.05) is 0 Å². The molecular formula is C12H19N3O2. The number of amides is 1. The summed E-state index contributed by atoms with van der Waals surface area (Å²) in [6.45, 7) is 4.18. The van der Waals surface area contributed by atoms with Gasteiger partial charge < -0.3 is 10.0 Å². The number of aromatic nitrogens is 2. The van der Waals surface area contributed by atoms with E-state index in [-0.39, 0.29) is 18.6 Å². The number of aryl methyl sites for hydroxylation is 1. The van der Waals surface area contributed by atoms with Crippen molar-refractivity contribution in [2.75, 3.05) is 13.2 Å². The van der Waals surface area contributed by atoms with Crippen LogP contribution in [0, 0.1) is 0 Å². The van der Waals surface area contributed by atoms with E-state index in [1.165, 1.54) is 6.08 Å². The number of nitrogens with zero attached hydrogens (tertiary/aromatic N) is 3. The van der Waals surface area contributed by atoms with E-state index in [4.69, 9.17) is 5.11 Å². The van der Waals surface area contributed by atoms with Crippen molar-refractivity contribution in [3.63, 3.8) is 0 Å². The average Bonchev–Trinajstić information content (AvgIpc) is 2.68. The Morgan fingerprint density at radius 2 is 2.35 bits per heavy atom. The van der Waals surface area contributed by atoms with Crippen molar-refractivity contribution in [1.29, 1.82) is 0 Å². The van der Waals surface area contributed by atoms with Gasteiger partial charge in [-0.05, 0) is 19.9 Å². The van der Waals surface area contributed by atoms with Crippen LogP contribution in [0.3, 0.4) is 0 Å². The van der Waals surface area contributed by atoms with Gasteiger partial charge in [-0.2, -0.15) is 5.10 Å². The molecular weight excluding hydrogens is 218 g/mol. The molecule has 1 N–H and O–H groups in total. The second-order valence-electron chi connectivity index (χ2n) is 4.13. The molecule has 1 heterocycles. The van der Waals surface area contributed by atoms with Crippen LogP contribution in [0.25, 0.3) is 6.08 Å². The highest BCUT2D eigenvalue weighted by Crippen LogP contribution is 2.03. The second-order valence-corrected chi connectivity index (χ2v) is 4.13. The zero-order chi connectivity index (χ0) is 12.8. The first-order valence-corrected chi connectivity index (χ1v) is 5.62. The molecule has 17 heavy (non-hydrogen) atoms. The average molecular weight is 237 g/mol. The summed E-state index contributed by atoms with van der Waals surface area (Å²) in [5.41, 5.74) is 0.883. The number of rotatable bonds is 5. The van der Waals surface area contributed by atoms with E-state index >= 15 is 0 Å². The lowest BCUT2D eigenvalue weighted by Crippen LogP contribution is -2.37. The molecule has 5 nitrogen and oxygen atoms in total. The van der Waals surface area contributed by atoms with E-state index in [9.17, 15) is 4.79 Å². The van der Waals surface area contributed by atoms with Gasteiger partial charge in [-0.15, -0.1) is 0 Å². The lowest BCUT2D eigenvalue weighted by molar-refractivity contribution is -0.128. The third-order valence-corrected chi connectivity index (χ3v) is 2.39. The molecule has 0 spiro atoms. The molecule has 1 aromatic heterocycles. The summed E-state index contributed by atoms with van der Waals surface area (Å²) in [5, 5.41) is 12.9. The molecule has 5 heteroatoms. The smallest absolute Gasteiger partial charge is 0.246 e. The SMILES string of the molecule is CC(C)N(CCO)C(=O)/C=C/c1cnn(C)c1. The molecule has 1 rings (SSSR count). The first-order chi connectivity index (χ1) is 8.04. The van der Waals surface area contributed by atoms with Crippen molar-refractivity contribution in [3.05, 3.63) is 24.0 Å². The second kappa shape index (κ2) is 6.20. The Morgan fingerprint density at radius 1 is 1.65 bits per heavy atom. The van der Waals surface area contributed by atoms with E-state index in [0.717, 1.165) is 5.56 Å². The van der Waals surface area contributed by atoms with Gasteiger partial charge in [-0.3, -0.25) is 9.48 Å². The molecule has 0 aromatic carbocycles. The van der Waals surface area contributed by atoms with Crippen LogP contribution in [0.15, 0.2) is 18.5 Å². The standard InChI is InChI=1S/C12H19N3O2/c1-10(2)15(6-7-16)12(17)5-4-11-8-13-14(3)9-11/h4-5,8-10,16H,6-7H2,1-3H3/b5-4+. The highest BCUT2D eigenvalue weighted by Gasteiger charge is 2.13. The van der Waals surface area contributed by atoms with Crippen molar-refractivity contribution in [3.8, 4) is 0 Å². The number of hydrogen-bond acceptors (Lipinski definition) is 3. The predicted molar refractivity (Wildman–Crippen MR) is 66.2 cm³/mol. The quantitative estimate of drug-likeness (QED) is 0.765. The molecule has 0 bridgehead atoms. The minimum atomic E-state index is -0.0992. The third-order valence-electron chi connectivity index (χ3n) is 2.39. The number of carbonyl (C=O) groups is 1. The Labute approximate surface area is 101 Å². The fourth-order valence-corrected chi connectivity index (χ4v) is 1.52. The topological polar surface area (TPSA) is 58.4 Å². The normalized spacial score (nSPS) is 11.4. The minimum Gasteiger partial charge on any atom is -0.395 e. The molecule has 0 saturated carbocycles. The van der Waals surface area contributed by atoms with E-state index < -0.39 is 0 Å². The number of aliphatic hydroxyl groups excluding tert-OH is 1. The molecule has 0 unspecified atom stereocenters. The maximum atomic E-state index is 11.9. The molecule has 1 aromatic rings. The van der Waals surface area contributed by atoms with E-state index in [1.807, 2.05) is 27.1 Å². The Balaban J connectivity index is 2.66.